The van der Waals surface area contributed by atoms with Crippen LogP contribution in [0.1, 0.15) is 44.3 Å². The molecule has 0 aromatic carbocycles. The highest BCUT2D eigenvalue weighted by atomic mass is 79.9. The predicted molar refractivity (Wildman–Crippen MR) is 82.4 cm³/mol. The van der Waals surface area contributed by atoms with Crippen LogP contribution in [0, 0.1) is 0 Å². The molecular weight excluding hydrogens is 366 g/mol. The first kappa shape index (κ1) is 16.3. The molecule has 0 unspecified atom stereocenters. The van der Waals surface area contributed by atoms with E-state index in [1.807, 2.05) is 0 Å². The number of furan rings is 1. The molecule has 0 amide bonds. The Morgan fingerprint density at radius 3 is 2.45 bits per heavy atom. The zero-order valence-corrected chi connectivity index (χ0v) is 14.6. The van der Waals surface area contributed by atoms with Gasteiger partial charge in [-0.3, -0.25) is 0 Å². The molecule has 1 aliphatic carbocycles. The third kappa shape index (κ3) is 3.40. The monoisotopic (exact) mass is 383 g/mol. The van der Waals surface area contributed by atoms with Gasteiger partial charge in [0.1, 0.15) is 10.7 Å². The van der Waals surface area contributed by atoms with Crippen LogP contribution in [0.3, 0.4) is 0 Å². The van der Waals surface area contributed by atoms with E-state index in [-0.39, 0.29) is 21.5 Å². The fourth-order valence-corrected chi connectivity index (χ4v) is 5.12. The molecule has 1 heterocycles. The van der Waals surface area contributed by atoms with Gasteiger partial charge in [-0.1, -0.05) is 25.7 Å². The molecule has 1 fully saturated rings. The number of hydrogen-bond donors (Lipinski definition) is 0. The highest BCUT2D eigenvalue weighted by Crippen LogP contribution is 2.32. The van der Waals surface area contributed by atoms with Crippen molar-refractivity contribution in [3.05, 3.63) is 16.5 Å². The summed E-state index contributed by atoms with van der Waals surface area (Å²) in [5, 5.41) is 0. The lowest BCUT2D eigenvalue weighted by Gasteiger charge is -2.25. The van der Waals surface area contributed by atoms with Crippen LogP contribution in [0.25, 0.3) is 0 Å². The van der Waals surface area contributed by atoms with Crippen molar-refractivity contribution in [2.45, 2.75) is 55.3 Å². The molecule has 0 radical (unpaired) electrons. The maximum absolute atomic E-state index is 12.7. The summed E-state index contributed by atoms with van der Waals surface area (Å²) in [7, 11) is -1.88. The van der Waals surface area contributed by atoms with Gasteiger partial charge in [0.15, 0.2) is 4.67 Å². The lowest BCUT2D eigenvalue weighted by molar-refractivity contribution is 0.335. The second kappa shape index (κ2) is 6.81. The summed E-state index contributed by atoms with van der Waals surface area (Å²) in [5.74, 6) is 0.604. The molecule has 1 aromatic rings. The van der Waals surface area contributed by atoms with Gasteiger partial charge in [0.25, 0.3) is 0 Å². The molecule has 2 rings (SSSR count). The second-order valence-electron chi connectivity index (χ2n) is 5.15. The van der Waals surface area contributed by atoms with Crippen LogP contribution < -0.4 is 0 Å². The number of sulfonamides is 1. The zero-order chi connectivity index (χ0) is 14.8. The summed E-state index contributed by atoms with van der Waals surface area (Å²) in [5.41, 5.74) is 0. The van der Waals surface area contributed by atoms with E-state index in [0.29, 0.717) is 5.76 Å². The minimum absolute atomic E-state index is 0.0729. The minimum atomic E-state index is -3.54. The van der Waals surface area contributed by atoms with Crippen LogP contribution in [-0.2, 0) is 15.9 Å². The number of hydrogen-bond acceptors (Lipinski definition) is 3. The highest BCUT2D eigenvalue weighted by molar-refractivity contribution is 9.10. The molecule has 4 nitrogen and oxygen atoms in total. The maximum atomic E-state index is 12.7. The normalized spacial score (nSPS) is 18.4. The number of nitrogens with zero attached hydrogens (tertiary/aromatic N) is 1. The van der Waals surface area contributed by atoms with E-state index in [0.717, 1.165) is 25.7 Å². The molecule has 0 aliphatic heterocycles. The Bertz CT molecular complexity index is 550. The van der Waals surface area contributed by atoms with Crippen molar-refractivity contribution in [1.82, 2.24) is 4.31 Å². The quantitative estimate of drug-likeness (QED) is 0.579. The number of alkyl halides is 1. The fraction of sp³-hybridized carbons (Fsp3) is 0.692. The average molecular weight is 385 g/mol. The molecule has 1 aliphatic rings. The smallest absolute Gasteiger partial charge is 0.247 e. The molecule has 114 valence electrons. The van der Waals surface area contributed by atoms with E-state index in [2.05, 4.69) is 15.9 Å². The summed E-state index contributed by atoms with van der Waals surface area (Å²) in [6, 6.07) is 1.57. The Morgan fingerprint density at radius 1 is 1.35 bits per heavy atom. The molecule has 0 spiro atoms. The summed E-state index contributed by atoms with van der Waals surface area (Å²) in [6.07, 6.45) is 6.40. The molecule has 1 aromatic heterocycles. The Hall–Kier alpha value is -0.0400. The lowest BCUT2D eigenvalue weighted by atomic mass is 10.1. The molecule has 20 heavy (non-hydrogen) atoms. The van der Waals surface area contributed by atoms with Crippen molar-refractivity contribution in [2.24, 2.45) is 0 Å². The summed E-state index contributed by atoms with van der Waals surface area (Å²) >= 11 is 8.86. The van der Waals surface area contributed by atoms with Gasteiger partial charge in [0, 0.05) is 19.2 Å². The SMILES string of the molecule is CN(C1CCCCCC1)S(=O)(=O)c1cc(CCl)oc1Br. The van der Waals surface area contributed by atoms with Crippen molar-refractivity contribution in [1.29, 1.82) is 0 Å². The number of halogens is 2. The van der Waals surface area contributed by atoms with Gasteiger partial charge in [-0.2, -0.15) is 4.31 Å². The van der Waals surface area contributed by atoms with E-state index in [4.69, 9.17) is 16.0 Å². The summed E-state index contributed by atoms with van der Waals surface area (Å²) in [6.45, 7) is 0. The van der Waals surface area contributed by atoms with Gasteiger partial charge in [0.05, 0.1) is 5.88 Å². The molecule has 0 saturated heterocycles. The van der Waals surface area contributed by atoms with Crippen LogP contribution in [0.15, 0.2) is 20.0 Å². The molecule has 0 N–H and O–H groups in total. The first-order valence-electron chi connectivity index (χ1n) is 6.79. The van der Waals surface area contributed by atoms with Crippen LogP contribution in [0.4, 0.5) is 0 Å². The van der Waals surface area contributed by atoms with Crippen LogP contribution in [-0.4, -0.2) is 25.8 Å². The van der Waals surface area contributed by atoms with E-state index in [1.54, 1.807) is 7.05 Å². The second-order valence-corrected chi connectivity index (χ2v) is 8.10. The standard InChI is InChI=1S/C13H19BrClNO3S/c1-16(10-6-4-2-3-5-7-10)20(17,18)12-8-11(9-15)19-13(12)14/h8,10H,2-7,9H2,1H3. The van der Waals surface area contributed by atoms with E-state index in [1.165, 1.54) is 23.2 Å². The fourth-order valence-electron chi connectivity index (χ4n) is 2.61. The predicted octanol–water partition coefficient (Wildman–Crippen LogP) is 4.12. The first-order valence-corrected chi connectivity index (χ1v) is 9.55. The zero-order valence-electron chi connectivity index (χ0n) is 11.4. The Labute approximate surface area is 133 Å². The third-order valence-electron chi connectivity index (χ3n) is 3.83. The van der Waals surface area contributed by atoms with E-state index in [9.17, 15) is 8.42 Å². The van der Waals surface area contributed by atoms with Crippen molar-refractivity contribution in [3.8, 4) is 0 Å². The van der Waals surface area contributed by atoms with Gasteiger partial charge in [-0.25, -0.2) is 8.42 Å². The third-order valence-corrected chi connectivity index (χ3v) is 6.86. The van der Waals surface area contributed by atoms with Crippen LogP contribution >= 0.6 is 27.5 Å². The highest BCUT2D eigenvalue weighted by Gasteiger charge is 2.31. The Kier molecular flexibility index (Phi) is 5.56. The van der Waals surface area contributed by atoms with Gasteiger partial charge in [-0.15, -0.1) is 11.6 Å². The average Bonchev–Trinajstić information content (AvgIpc) is 2.64. The Balaban J connectivity index is 2.25. The van der Waals surface area contributed by atoms with E-state index >= 15 is 0 Å². The van der Waals surface area contributed by atoms with Crippen LogP contribution in [0.2, 0.25) is 0 Å². The van der Waals surface area contributed by atoms with Crippen molar-refractivity contribution in [3.63, 3.8) is 0 Å². The van der Waals surface area contributed by atoms with Crippen molar-refractivity contribution in [2.75, 3.05) is 7.05 Å². The van der Waals surface area contributed by atoms with Crippen molar-refractivity contribution < 1.29 is 12.8 Å². The van der Waals surface area contributed by atoms with Gasteiger partial charge in [0.2, 0.25) is 10.0 Å². The summed E-state index contributed by atoms with van der Waals surface area (Å²) in [4.78, 5) is 0.167. The molecular formula is C13H19BrClNO3S. The first-order chi connectivity index (χ1) is 9.46. The van der Waals surface area contributed by atoms with Gasteiger partial charge >= 0.3 is 0 Å². The lowest BCUT2D eigenvalue weighted by Crippen LogP contribution is -2.36. The van der Waals surface area contributed by atoms with Crippen LogP contribution in [0.5, 0.6) is 0 Å². The molecule has 1 saturated carbocycles. The Morgan fingerprint density at radius 2 is 1.95 bits per heavy atom. The number of rotatable bonds is 4. The molecule has 0 bridgehead atoms. The molecule has 0 atom stereocenters. The van der Waals surface area contributed by atoms with Gasteiger partial charge in [-0.05, 0) is 28.8 Å². The minimum Gasteiger partial charge on any atom is -0.452 e. The molecule has 7 heteroatoms. The van der Waals surface area contributed by atoms with E-state index < -0.39 is 10.0 Å². The largest absolute Gasteiger partial charge is 0.452 e. The van der Waals surface area contributed by atoms with Crippen molar-refractivity contribution >= 4 is 37.6 Å². The summed E-state index contributed by atoms with van der Waals surface area (Å²) < 4.78 is 32.4. The topological polar surface area (TPSA) is 50.5 Å². The van der Waals surface area contributed by atoms with Gasteiger partial charge < -0.3 is 4.42 Å². The maximum Gasteiger partial charge on any atom is 0.247 e.